The van der Waals surface area contributed by atoms with Gasteiger partial charge in [0.15, 0.2) is 0 Å². The average Bonchev–Trinajstić information content (AvgIpc) is 2.72. The van der Waals surface area contributed by atoms with Crippen molar-refractivity contribution < 1.29 is 13.2 Å². The van der Waals surface area contributed by atoms with Gasteiger partial charge in [-0.25, -0.2) is 4.98 Å². The molecule has 90 valence electrons. The molecule has 4 nitrogen and oxygen atoms in total. The van der Waals surface area contributed by atoms with Crippen molar-refractivity contribution in [1.29, 1.82) is 0 Å². The molecule has 7 heteroatoms. The van der Waals surface area contributed by atoms with Crippen LogP contribution in [-0.2, 0) is 0 Å². The van der Waals surface area contributed by atoms with E-state index in [1.165, 1.54) is 12.3 Å². The minimum absolute atomic E-state index is 0.314. The number of nitrogens with one attached hydrogen (secondary N) is 2. The molecule has 2 rings (SSSR count). The molecule has 0 spiro atoms. The SMILES string of the molecule is CN=C(Nc1ccnc2[nH]ccc12)C(F)(F)F. The smallest absolute Gasteiger partial charge is 0.346 e. The van der Waals surface area contributed by atoms with Crippen molar-refractivity contribution in [3.8, 4) is 0 Å². The van der Waals surface area contributed by atoms with Crippen molar-refractivity contribution in [2.45, 2.75) is 6.18 Å². The maximum atomic E-state index is 12.5. The summed E-state index contributed by atoms with van der Waals surface area (Å²) < 4.78 is 37.5. The number of halogens is 3. The van der Waals surface area contributed by atoms with Gasteiger partial charge in [0.05, 0.1) is 5.69 Å². The third-order valence-electron chi connectivity index (χ3n) is 2.21. The molecule has 0 atom stereocenters. The Morgan fingerprint density at radius 1 is 1.41 bits per heavy atom. The number of fused-ring (bicyclic) bond motifs is 1. The predicted octanol–water partition coefficient (Wildman–Crippen LogP) is 2.57. The van der Waals surface area contributed by atoms with E-state index in [2.05, 4.69) is 20.3 Å². The normalized spacial score (nSPS) is 13.1. The number of rotatable bonds is 1. The first-order valence-corrected chi connectivity index (χ1v) is 4.75. The molecule has 0 aliphatic rings. The number of alkyl halides is 3. The number of hydrogen-bond donors (Lipinski definition) is 2. The summed E-state index contributed by atoms with van der Waals surface area (Å²) in [6.07, 6.45) is -1.47. The van der Waals surface area contributed by atoms with Crippen LogP contribution >= 0.6 is 0 Å². The van der Waals surface area contributed by atoms with E-state index in [9.17, 15) is 13.2 Å². The summed E-state index contributed by atoms with van der Waals surface area (Å²) in [5.74, 6) is -1.04. The molecular weight excluding hydrogens is 233 g/mol. The third-order valence-corrected chi connectivity index (χ3v) is 2.21. The fraction of sp³-hybridized carbons (Fsp3) is 0.200. The van der Waals surface area contributed by atoms with Gasteiger partial charge in [-0.05, 0) is 12.1 Å². The van der Waals surface area contributed by atoms with Gasteiger partial charge in [0.1, 0.15) is 5.65 Å². The Balaban J connectivity index is 2.39. The molecule has 2 aromatic rings. The molecule has 0 aliphatic heterocycles. The van der Waals surface area contributed by atoms with Crippen molar-refractivity contribution in [2.24, 2.45) is 4.99 Å². The number of anilines is 1. The first-order valence-electron chi connectivity index (χ1n) is 4.75. The number of aromatic amines is 1. The molecule has 0 saturated heterocycles. The lowest BCUT2D eigenvalue weighted by Gasteiger charge is -2.12. The van der Waals surface area contributed by atoms with E-state index >= 15 is 0 Å². The van der Waals surface area contributed by atoms with Gasteiger partial charge in [0.25, 0.3) is 0 Å². The van der Waals surface area contributed by atoms with Crippen LogP contribution in [0.2, 0.25) is 0 Å². The number of aromatic nitrogens is 2. The zero-order valence-corrected chi connectivity index (χ0v) is 8.84. The molecule has 0 radical (unpaired) electrons. The van der Waals surface area contributed by atoms with Crippen LogP contribution in [0.3, 0.4) is 0 Å². The molecule has 0 saturated carbocycles. The summed E-state index contributed by atoms with van der Waals surface area (Å²) in [4.78, 5) is 9.99. The van der Waals surface area contributed by atoms with Gasteiger partial charge < -0.3 is 10.3 Å². The molecular formula is C10H9F3N4. The van der Waals surface area contributed by atoms with Gasteiger partial charge in [0.2, 0.25) is 5.84 Å². The van der Waals surface area contributed by atoms with Gasteiger partial charge >= 0.3 is 6.18 Å². The van der Waals surface area contributed by atoms with Crippen LogP contribution in [0, 0.1) is 0 Å². The fourth-order valence-corrected chi connectivity index (χ4v) is 1.45. The van der Waals surface area contributed by atoms with Crippen LogP contribution in [0.5, 0.6) is 0 Å². The van der Waals surface area contributed by atoms with Gasteiger partial charge in [-0.15, -0.1) is 0 Å². The zero-order valence-electron chi connectivity index (χ0n) is 8.84. The lowest BCUT2D eigenvalue weighted by Crippen LogP contribution is -2.30. The quantitative estimate of drug-likeness (QED) is 0.596. The van der Waals surface area contributed by atoms with Crippen molar-refractivity contribution in [2.75, 3.05) is 12.4 Å². The Kier molecular flexibility index (Phi) is 2.74. The molecule has 2 aromatic heterocycles. The van der Waals surface area contributed by atoms with Crippen LogP contribution in [0.4, 0.5) is 18.9 Å². The van der Waals surface area contributed by atoms with E-state index in [-0.39, 0.29) is 0 Å². The van der Waals surface area contributed by atoms with Gasteiger partial charge in [-0.3, -0.25) is 4.99 Å². The van der Waals surface area contributed by atoms with Crippen molar-refractivity contribution in [3.05, 3.63) is 24.5 Å². The second-order valence-corrected chi connectivity index (χ2v) is 3.29. The largest absolute Gasteiger partial charge is 0.449 e. The molecule has 0 bridgehead atoms. The first-order chi connectivity index (χ1) is 8.02. The molecule has 0 aromatic carbocycles. The second kappa shape index (κ2) is 4.08. The molecule has 2 heterocycles. The Morgan fingerprint density at radius 3 is 2.82 bits per heavy atom. The first kappa shape index (κ1) is 11.4. The number of amidine groups is 1. The highest BCUT2D eigenvalue weighted by atomic mass is 19.4. The molecule has 0 amide bonds. The van der Waals surface area contributed by atoms with Gasteiger partial charge in [-0.2, -0.15) is 13.2 Å². The number of pyridine rings is 1. The number of hydrogen-bond acceptors (Lipinski definition) is 2. The van der Waals surface area contributed by atoms with Crippen molar-refractivity contribution in [3.63, 3.8) is 0 Å². The standard InChI is InChI=1S/C10H9F3N4/c1-14-9(10(11,12)13)17-7-3-5-16-8-6(7)2-4-15-8/h2-5H,1H3,(H2,14,15,16,17). The van der Waals surface area contributed by atoms with Crippen molar-refractivity contribution in [1.82, 2.24) is 9.97 Å². The van der Waals surface area contributed by atoms with Crippen LogP contribution in [0.1, 0.15) is 0 Å². The number of nitrogens with zero attached hydrogens (tertiary/aromatic N) is 2. The summed E-state index contributed by atoms with van der Waals surface area (Å²) in [6, 6.07) is 3.11. The van der Waals surface area contributed by atoms with E-state index < -0.39 is 12.0 Å². The summed E-state index contributed by atoms with van der Waals surface area (Å²) in [6.45, 7) is 0. The summed E-state index contributed by atoms with van der Waals surface area (Å²) in [5.41, 5.74) is 0.835. The van der Waals surface area contributed by atoms with E-state index in [1.54, 1.807) is 12.3 Å². The highest BCUT2D eigenvalue weighted by molar-refractivity contribution is 6.05. The summed E-state index contributed by atoms with van der Waals surface area (Å²) in [5, 5.41) is 2.84. The lowest BCUT2D eigenvalue weighted by molar-refractivity contribution is -0.0587. The fourth-order valence-electron chi connectivity index (χ4n) is 1.45. The van der Waals surface area contributed by atoms with E-state index in [1.807, 2.05) is 0 Å². The van der Waals surface area contributed by atoms with E-state index in [0.29, 0.717) is 16.7 Å². The average molecular weight is 242 g/mol. The van der Waals surface area contributed by atoms with Gasteiger partial charge in [-0.1, -0.05) is 0 Å². The van der Waals surface area contributed by atoms with E-state index in [4.69, 9.17) is 0 Å². The number of H-pyrrole nitrogens is 1. The predicted molar refractivity (Wildman–Crippen MR) is 59.1 cm³/mol. The maximum Gasteiger partial charge on any atom is 0.449 e. The zero-order chi connectivity index (χ0) is 12.5. The summed E-state index contributed by atoms with van der Waals surface area (Å²) in [7, 11) is 1.09. The van der Waals surface area contributed by atoms with Crippen molar-refractivity contribution >= 4 is 22.6 Å². The second-order valence-electron chi connectivity index (χ2n) is 3.29. The molecule has 17 heavy (non-hydrogen) atoms. The molecule has 2 N–H and O–H groups in total. The highest BCUT2D eigenvalue weighted by Gasteiger charge is 2.35. The van der Waals surface area contributed by atoms with E-state index in [0.717, 1.165) is 7.05 Å². The Labute approximate surface area is 94.6 Å². The van der Waals surface area contributed by atoms with Gasteiger partial charge in [0, 0.05) is 24.8 Å². The topological polar surface area (TPSA) is 53.1 Å². The Bertz CT molecular complexity index is 556. The Morgan fingerprint density at radius 2 is 2.18 bits per heavy atom. The maximum absolute atomic E-state index is 12.5. The minimum atomic E-state index is -4.50. The third kappa shape index (κ3) is 2.22. The van der Waals surface area contributed by atoms with Crippen LogP contribution in [0.25, 0.3) is 11.0 Å². The molecule has 0 unspecified atom stereocenters. The highest BCUT2D eigenvalue weighted by Crippen LogP contribution is 2.24. The van der Waals surface area contributed by atoms with Crippen LogP contribution < -0.4 is 5.32 Å². The van der Waals surface area contributed by atoms with Crippen LogP contribution in [0.15, 0.2) is 29.5 Å². The lowest BCUT2D eigenvalue weighted by atomic mass is 10.3. The Hall–Kier alpha value is -2.05. The molecule has 0 fully saturated rings. The number of aliphatic imine (C=N–C) groups is 1. The van der Waals surface area contributed by atoms with Crippen LogP contribution in [-0.4, -0.2) is 29.0 Å². The monoisotopic (exact) mass is 242 g/mol. The summed E-state index contributed by atoms with van der Waals surface area (Å²) >= 11 is 0. The minimum Gasteiger partial charge on any atom is -0.346 e. The molecule has 0 aliphatic carbocycles.